The topological polar surface area (TPSA) is 59.8 Å². The van der Waals surface area contributed by atoms with E-state index < -0.39 is 6.04 Å². The number of anilines is 1. The molecule has 1 atom stereocenters. The first-order valence-corrected chi connectivity index (χ1v) is 9.75. The minimum absolute atomic E-state index is 0.0477. The third kappa shape index (κ3) is 2.78. The SMILES string of the molecule is COc1cccc(C2c3c(oc4ccc(Cl)cc4c3=O)C(=O)N2c2ccccc2)c1. The molecule has 0 radical (unpaired) electrons. The van der Waals surface area contributed by atoms with E-state index in [1.807, 2.05) is 54.6 Å². The number of amides is 1. The minimum atomic E-state index is -0.648. The molecule has 1 unspecified atom stereocenters. The summed E-state index contributed by atoms with van der Waals surface area (Å²) in [5.41, 5.74) is 1.78. The molecular weight excluding hydrogens is 402 g/mol. The van der Waals surface area contributed by atoms with Crippen LogP contribution in [0.25, 0.3) is 11.0 Å². The summed E-state index contributed by atoms with van der Waals surface area (Å²) in [6, 6.07) is 20.7. The largest absolute Gasteiger partial charge is 0.497 e. The van der Waals surface area contributed by atoms with E-state index in [-0.39, 0.29) is 17.1 Å². The molecule has 1 amide bonds. The predicted octanol–water partition coefficient (Wildman–Crippen LogP) is 5.20. The summed E-state index contributed by atoms with van der Waals surface area (Å²) < 4.78 is 11.3. The van der Waals surface area contributed by atoms with Crippen LogP contribution in [-0.4, -0.2) is 13.0 Å². The Balaban J connectivity index is 1.83. The number of nitrogens with zero attached hydrogens (tertiary/aromatic N) is 1. The average molecular weight is 418 g/mol. The highest BCUT2D eigenvalue weighted by molar-refractivity contribution is 6.31. The monoisotopic (exact) mass is 417 g/mol. The Labute approximate surface area is 177 Å². The highest BCUT2D eigenvalue weighted by atomic mass is 35.5. The van der Waals surface area contributed by atoms with Crippen LogP contribution in [0, 0.1) is 0 Å². The van der Waals surface area contributed by atoms with Crippen molar-refractivity contribution in [3.8, 4) is 5.75 Å². The summed E-state index contributed by atoms with van der Waals surface area (Å²) in [4.78, 5) is 28.5. The van der Waals surface area contributed by atoms with Gasteiger partial charge in [-0.1, -0.05) is 41.9 Å². The Morgan fingerprint density at radius 2 is 1.77 bits per heavy atom. The van der Waals surface area contributed by atoms with Crippen molar-refractivity contribution in [3.63, 3.8) is 0 Å². The third-order valence-corrected chi connectivity index (χ3v) is 5.51. The molecule has 0 bridgehead atoms. The van der Waals surface area contributed by atoms with E-state index in [1.165, 1.54) is 0 Å². The predicted molar refractivity (Wildman–Crippen MR) is 116 cm³/mol. The number of fused-ring (bicyclic) bond motifs is 2. The Kier molecular flexibility index (Phi) is 4.33. The van der Waals surface area contributed by atoms with Gasteiger partial charge in [0.15, 0.2) is 5.43 Å². The molecular formula is C24H16ClNO4. The molecule has 30 heavy (non-hydrogen) atoms. The van der Waals surface area contributed by atoms with E-state index in [4.69, 9.17) is 20.8 Å². The molecule has 0 fully saturated rings. The number of para-hydroxylation sites is 1. The second-order valence-electron chi connectivity index (χ2n) is 7.00. The molecule has 148 valence electrons. The van der Waals surface area contributed by atoms with Crippen molar-refractivity contribution in [2.75, 3.05) is 12.0 Å². The Morgan fingerprint density at radius 1 is 0.967 bits per heavy atom. The number of hydrogen-bond acceptors (Lipinski definition) is 4. The van der Waals surface area contributed by atoms with E-state index in [2.05, 4.69) is 0 Å². The van der Waals surface area contributed by atoms with Gasteiger partial charge in [-0.25, -0.2) is 0 Å². The van der Waals surface area contributed by atoms with Gasteiger partial charge in [0, 0.05) is 10.7 Å². The van der Waals surface area contributed by atoms with Crippen LogP contribution in [0.4, 0.5) is 5.69 Å². The first-order chi connectivity index (χ1) is 14.6. The highest BCUT2D eigenvalue weighted by Gasteiger charge is 2.43. The van der Waals surface area contributed by atoms with Crippen molar-refractivity contribution < 1.29 is 13.9 Å². The minimum Gasteiger partial charge on any atom is -0.497 e. The van der Waals surface area contributed by atoms with Crippen molar-refractivity contribution >= 4 is 34.2 Å². The van der Waals surface area contributed by atoms with Crippen molar-refractivity contribution in [2.45, 2.75) is 6.04 Å². The molecule has 0 saturated carbocycles. The van der Waals surface area contributed by atoms with Gasteiger partial charge in [0.2, 0.25) is 5.76 Å². The van der Waals surface area contributed by atoms with Crippen LogP contribution >= 0.6 is 11.6 Å². The van der Waals surface area contributed by atoms with Gasteiger partial charge in [0.1, 0.15) is 11.3 Å². The van der Waals surface area contributed by atoms with Gasteiger partial charge >= 0.3 is 0 Å². The maximum absolute atomic E-state index is 13.5. The third-order valence-electron chi connectivity index (χ3n) is 5.28. The molecule has 1 aliphatic rings. The van der Waals surface area contributed by atoms with Gasteiger partial charge in [0.05, 0.1) is 24.1 Å². The zero-order valence-electron chi connectivity index (χ0n) is 16.0. The lowest BCUT2D eigenvalue weighted by Gasteiger charge is -2.25. The number of hydrogen-bond donors (Lipinski definition) is 0. The molecule has 0 aliphatic carbocycles. The number of halogens is 1. The van der Waals surface area contributed by atoms with Crippen LogP contribution in [0.2, 0.25) is 5.02 Å². The summed E-state index contributed by atoms with van der Waals surface area (Å²) in [7, 11) is 1.58. The lowest BCUT2D eigenvalue weighted by Crippen LogP contribution is -2.29. The van der Waals surface area contributed by atoms with Gasteiger partial charge < -0.3 is 9.15 Å². The molecule has 3 aromatic carbocycles. The fraction of sp³-hybridized carbons (Fsp3) is 0.0833. The normalized spacial score (nSPS) is 15.5. The zero-order valence-corrected chi connectivity index (χ0v) is 16.7. The second-order valence-corrected chi connectivity index (χ2v) is 7.44. The van der Waals surface area contributed by atoms with Crippen molar-refractivity contribution in [1.29, 1.82) is 0 Å². The summed E-state index contributed by atoms with van der Waals surface area (Å²) in [5.74, 6) is 0.319. The number of carbonyl (C=O) groups excluding carboxylic acids is 1. The lowest BCUT2D eigenvalue weighted by atomic mass is 9.98. The molecule has 4 aromatic rings. The van der Waals surface area contributed by atoms with Gasteiger partial charge in [-0.05, 0) is 48.0 Å². The molecule has 5 nitrogen and oxygen atoms in total. The van der Waals surface area contributed by atoms with Crippen LogP contribution in [0.15, 0.2) is 82.0 Å². The van der Waals surface area contributed by atoms with Crippen LogP contribution in [0.1, 0.15) is 27.7 Å². The highest BCUT2D eigenvalue weighted by Crippen LogP contribution is 2.41. The Morgan fingerprint density at radius 3 is 2.53 bits per heavy atom. The number of benzene rings is 3. The van der Waals surface area contributed by atoms with E-state index in [0.717, 1.165) is 5.56 Å². The number of carbonyl (C=O) groups is 1. The summed E-state index contributed by atoms with van der Waals surface area (Å²) in [5, 5.41) is 0.772. The molecule has 6 heteroatoms. The molecule has 1 aromatic heterocycles. The number of ether oxygens (including phenoxy) is 1. The summed E-state index contributed by atoms with van der Waals surface area (Å²) in [6.45, 7) is 0. The van der Waals surface area contributed by atoms with E-state index in [9.17, 15) is 9.59 Å². The van der Waals surface area contributed by atoms with Crippen LogP contribution < -0.4 is 15.1 Å². The maximum Gasteiger partial charge on any atom is 0.295 e. The molecule has 0 N–H and O–H groups in total. The lowest BCUT2D eigenvalue weighted by molar-refractivity contribution is 0.0971. The molecule has 1 aliphatic heterocycles. The van der Waals surface area contributed by atoms with Crippen molar-refractivity contribution in [3.05, 3.63) is 105 Å². The Bertz CT molecular complexity index is 1350. The van der Waals surface area contributed by atoms with Gasteiger partial charge in [-0.2, -0.15) is 0 Å². The van der Waals surface area contributed by atoms with E-state index in [1.54, 1.807) is 30.2 Å². The maximum atomic E-state index is 13.5. The van der Waals surface area contributed by atoms with Gasteiger partial charge in [-0.3, -0.25) is 14.5 Å². The second kappa shape index (κ2) is 7.04. The molecule has 0 spiro atoms. The van der Waals surface area contributed by atoms with Crippen LogP contribution in [0.3, 0.4) is 0 Å². The summed E-state index contributed by atoms with van der Waals surface area (Å²) >= 11 is 6.11. The van der Waals surface area contributed by atoms with E-state index >= 15 is 0 Å². The van der Waals surface area contributed by atoms with Gasteiger partial charge in [0.25, 0.3) is 5.91 Å². The molecule has 0 saturated heterocycles. The van der Waals surface area contributed by atoms with Gasteiger partial charge in [-0.15, -0.1) is 0 Å². The average Bonchev–Trinajstić information content (AvgIpc) is 3.07. The smallest absolute Gasteiger partial charge is 0.295 e. The quantitative estimate of drug-likeness (QED) is 0.459. The van der Waals surface area contributed by atoms with Crippen molar-refractivity contribution in [1.82, 2.24) is 0 Å². The van der Waals surface area contributed by atoms with E-state index in [0.29, 0.717) is 33.0 Å². The molecule has 2 heterocycles. The summed E-state index contributed by atoms with van der Waals surface area (Å²) in [6.07, 6.45) is 0. The zero-order chi connectivity index (χ0) is 20.8. The molecule has 5 rings (SSSR count). The van der Waals surface area contributed by atoms with Crippen LogP contribution in [-0.2, 0) is 0 Å². The Hall–Kier alpha value is -3.57. The number of methoxy groups -OCH3 is 1. The van der Waals surface area contributed by atoms with Crippen LogP contribution in [0.5, 0.6) is 5.75 Å². The fourth-order valence-corrected chi connectivity index (χ4v) is 4.10. The van der Waals surface area contributed by atoms with Crippen molar-refractivity contribution in [2.24, 2.45) is 0 Å². The first kappa shape index (κ1) is 18.5. The first-order valence-electron chi connectivity index (χ1n) is 9.37. The fourth-order valence-electron chi connectivity index (χ4n) is 3.93. The standard InChI is InChI=1S/C24H16ClNO4/c1-29-17-9-5-6-14(12-17)21-20-22(27)18-13-15(25)10-11-19(18)30-23(20)24(28)26(21)16-7-3-2-4-8-16/h2-13,21H,1H3. The number of rotatable bonds is 3.